The molecule has 0 amide bonds. The first-order valence-electron chi connectivity index (χ1n) is 4.54. The van der Waals surface area contributed by atoms with E-state index in [-0.39, 0.29) is 6.04 Å². The Morgan fingerprint density at radius 1 is 1.58 bits per heavy atom. The van der Waals surface area contributed by atoms with Crippen molar-refractivity contribution in [3.05, 3.63) is 0 Å². The molecule has 4 heteroatoms. The van der Waals surface area contributed by atoms with E-state index in [1.165, 1.54) is 0 Å². The van der Waals surface area contributed by atoms with Gasteiger partial charge in [-0.1, -0.05) is 6.92 Å². The van der Waals surface area contributed by atoms with Gasteiger partial charge in [0, 0.05) is 26.2 Å². The van der Waals surface area contributed by atoms with Crippen LogP contribution in [0.15, 0.2) is 0 Å². The number of hydrogen-bond donors (Lipinski definition) is 3. The van der Waals surface area contributed by atoms with E-state index in [4.69, 9.17) is 11.1 Å². The SMILES string of the molecule is CCC(C(=N)N)N1CCNCC1. The Hall–Kier alpha value is -0.610. The van der Waals surface area contributed by atoms with Crippen LogP contribution in [0.4, 0.5) is 0 Å². The average molecular weight is 170 g/mol. The van der Waals surface area contributed by atoms with Crippen LogP contribution >= 0.6 is 0 Å². The van der Waals surface area contributed by atoms with Crippen molar-refractivity contribution in [3.63, 3.8) is 0 Å². The average Bonchev–Trinajstić information content (AvgIpc) is 2.07. The fourth-order valence-corrected chi connectivity index (χ4v) is 1.67. The van der Waals surface area contributed by atoms with Crippen molar-refractivity contribution in [1.82, 2.24) is 10.2 Å². The molecule has 0 radical (unpaired) electrons. The Morgan fingerprint density at radius 3 is 2.58 bits per heavy atom. The van der Waals surface area contributed by atoms with E-state index in [1.807, 2.05) is 0 Å². The maximum absolute atomic E-state index is 7.40. The molecule has 1 heterocycles. The lowest BCUT2D eigenvalue weighted by Crippen LogP contribution is -2.52. The summed E-state index contributed by atoms with van der Waals surface area (Å²) in [6, 6.07) is 0.159. The van der Waals surface area contributed by atoms with Gasteiger partial charge in [-0.2, -0.15) is 0 Å². The third-order valence-electron chi connectivity index (χ3n) is 2.34. The van der Waals surface area contributed by atoms with E-state index in [0.717, 1.165) is 32.6 Å². The summed E-state index contributed by atoms with van der Waals surface area (Å²) in [5.41, 5.74) is 5.50. The quantitative estimate of drug-likeness (QED) is 0.399. The van der Waals surface area contributed by atoms with Crippen molar-refractivity contribution >= 4 is 5.84 Å². The summed E-state index contributed by atoms with van der Waals surface area (Å²) in [5.74, 6) is 0.305. The largest absolute Gasteiger partial charge is 0.386 e. The molecule has 4 N–H and O–H groups in total. The molecule has 1 saturated heterocycles. The maximum atomic E-state index is 7.40. The van der Waals surface area contributed by atoms with Crippen LogP contribution in [-0.4, -0.2) is 43.0 Å². The van der Waals surface area contributed by atoms with Crippen molar-refractivity contribution in [2.75, 3.05) is 26.2 Å². The van der Waals surface area contributed by atoms with Gasteiger partial charge in [-0.3, -0.25) is 10.3 Å². The third kappa shape index (κ3) is 2.19. The second-order valence-electron chi connectivity index (χ2n) is 3.17. The minimum Gasteiger partial charge on any atom is -0.386 e. The van der Waals surface area contributed by atoms with Crippen molar-refractivity contribution in [2.24, 2.45) is 5.73 Å². The van der Waals surface area contributed by atoms with Crippen LogP contribution in [0.5, 0.6) is 0 Å². The van der Waals surface area contributed by atoms with Crippen LogP contribution in [0.25, 0.3) is 0 Å². The van der Waals surface area contributed by atoms with E-state index in [0.29, 0.717) is 5.84 Å². The van der Waals surface area contributed by atoms with Crippen molar-refractivity contribution in [2.45, 2.75) is 19.4 Å². The first-order chi connectivity index (χ1) is 5.75. The van der Waals surface area contributed by atoms with E-state index >= 15 is 0 Å². The highest BCUT2D eigenvalue weighted by Crippen LogP contribution is 2.04. The van der Waals surface area contributed by atoms with Crippen LogP contribution in [0.1, 0.15) is 13.3 Å². The van der Waals surface area contributed by atoms with Crippen LogP contribution in [-0.2, 0) is 0 Å². The molecule has 12 heavy (non-hydrogen) atoms. The van der Waals surface area contributed by atoms with Crippen LogP contribution in [0, 0.1) is 5.41 Å². The molecule has 1 aliphatic rings. The standard InChI is InChI=1S/C8H18N4/c1-2-7(8(9)10)12-5-3-11-4-6-12/h7,11H,2-6H2,1H3,(H3,9,10). The predicted octanol–water partition coefficient (Wildman–Crippen LogP) is -0.394. The Balaban J connectivity index is 2.46. The molecule has 0 spiro atoms. The highest BCUT2D eigenvalue weighted by molar-refractivity contribution is 5.82. The zero-order valence-corrected chi connectivity index (χ0v) is 7.64. The summed E-state index contributed by atoms with van der Waals surface area (Å²) in [5, 5.41) is 10.7. The van der Waals surface area contributed by atoms with Crippen LogP contribution in [0.3, 0.4) is 0 Å². The Labute approximate surface area is 73.6 Å². The second kappa shape index (κ2) is 4.42. The molecule has 0 bridgehead atoms. The zero-order chi connectivity index (χ0) is 8.97. The Kier molecular flexibility index (Phi) is 3.49. The molecular weight excluding hydrogens is 152 g/mol. The molecule has 70 valence electrons. The number of piperazine rings is 1. The highest BCUT2D eigenvalue weighted by Gasteiger charge is 2.20. The summed E-state index contributed by atoms with van der Waals surface area (Å²) in [6.07, 6.45) is 0.940. The second-order valence-corrected chi connectivity index (χ2v) is 3.17. The van der Waals surface area contributed by atoms with Crippen molar-refractivity contribution < 1.29 is 0 Å². The van der Waals surface area contributed by atoms with E-state index < -0.39 is 0 Å². The monoisotopic (exact) mass is 170 g/mol. The molecule has 1 unspecified atom stereocenters. The summed E-state index contributed by atoms with van der Waals surface area (Å²) in [6.45, 7) is 6.14. The topological polar surface area (TPSA) is 65.1 Å². The van der Waals surface area contributed by atoms with E-state index in [1.54, 1.807) is 0 Å². The molecule has 0 aromatic heterocycles. The number of nitrogens with zero attached hydrogens (tertiary/aromatic N) is 1. The van der Waals surface area contributed by atoms with Gasteiger partial charge >= 0.3 is 0 Å². The normalized spacial score (nSPS) is 22.1. The summed E-state index contributed by atoms with van der Waals surface area (Å²) < 4.78 is 0. The lowest BCUT2D eigenvalue weighted by molar-refractivity contribution is 0.208. The van der Waals surface area contributed by atoms with E-state index in [2.05, 4.69) is 17.1 Å². The molecule has 1 atom stereocenters. The van der Waals surface area contributed by atoms with Gasteiger partial charge in [0.25, 0.3) is 0 Å². The van der Waals surface area contributed by atoms with Gasteiger partial charge in [-0.15, -0.1) is 0 Å². The fraction of sp³-hybridized carbons (Fsp3) is 0.875. The van der Waals surface area contributed by atoms with E-state index in [9.17, 15) is 0 Å². The molecule has 0 aromatic rings. The van der Waals surface area contributed by atoms with Crippen LogP contribution < -0.4 is 11.1 Å². The first-order valence-corrected chi connectivity index (χ1v) is 4.54. The summed E-state index contributed by atoms with van der Waals surface area (Å²) in [7, 11) is 0. The molecule has 1 rings (SSSR count). The van der Waals surface area contributed by atoms with Gasteiger partial charge in [0.1, 0.15) is 5.84 Å². The molecule has 1 aliphatic heterocycles. The molecule has 0 aromatic carbocycles. The summed E-state index contributed by atoms with van der Waals surface area (Å²) in [4.78, 5) is 2.28. The Morgan fingerprint density at radius 2 is 2.17 bits per heavy atom. The molecular formula is C8H18N4. The van der Waals surface area contributed by atoms with Gasteiger partial charge in [0.05, 0.1) is 6.04 Å². The van der Waals surface area contributed by atoms with Gasteiger partial charge in [0.15, 0.2) is 0 Å². The lowest BCUT2D eigenvalue weighted by Gasteiger charge is -2.33. The molecule has 1 fully saturated rings. The predicted molar refractivity (Wildman–Crippen MR) is 50.4 cm³/mol. The first kappa shape index (κ1) is 9.48. The minimum absolute atomic E-state index is 0.159. The fourth-order valence-electron chi connectivity index (χ4n) is 1.67. The van der Waals surface area contributed by atoms with Gasteiger partial charge in [-0.25, -0.2) is 0 Å². The number of rotatable bonds is 3. The van der Waals surface area contributed by atoms with Gasteiger partial charge in [0.2, 0.25) is 0 Å². The number of nitrogens with one attached hydrogen (secondary N) is 2. The number of hydrogen-bond acceptors (Lipinski definition) is 3. The number of nitrogens with two attached hydrogens (primary N) is 1. The van der Waals surface area contributed by atoms with Gasteiger partial charge < -0.3 is 11.1 Å². The number of amidine groups is 1. The Bertz CT molecular complexity index is 151. The minimum atomic E-state index is 0.159. The molecule has 0 aliphatic carbocycles. The van der Waals surface area contributed by atoms with Crippen LogP contribution in [0.2, 0.25) is 0 Å². The van der Waals surface area contributed by atoms with Crippen molar-refractivity contribution in [1.29, 1.82) is 5.41 Å². The zero-order valence-electron chi connectivity index (χ0n) is 7.64. The third-order valence-corrected chi connectivity index (χ3v) is 2.34. The molecule has 0 saturated carbocycles. The highest BCUT2D eigenvalue weighted by atomic mass is 15.2. The summed E-state index contributed by atoms with van der Waals surface area (Å²) >= 11 is 0. The maximum Gasteiger partial charge on any atom is 0.108 e. The van der Waals surface area contributed by atoms with Crippen molar-refractivity contribution in [3.8, 4) is 0 Å². The molecule has 4 nitrogen and oxygen atoms in total. The van der Waals surface area contributed by atoms with Gasteiger partial charge in [-0.05, 0) is 6.42 Å². The lowest BCUT2D eigenvalue weighted by atomic mass is 10.1. The smallest absolute Gasteiger partial charge is 0.108 e.